The number of rotatable bonds is 5. The van der Waals surface area contributed by atoms with E-state index in [-0.39, 0.29) is 11.5 Å². The van der Waals surface area contributed by atoms with Crippen LogP contribution in [0.1, 0.15) is 37.5 Å². The molecule has 0 aliphatic rings. The molecule has 0 aromatic heterocycles. The third-order valence-electron chi connectivity index (χ3n) is 4.03. The third-order valence-corrected chi connectivity index (χ3v) is 6.07. The van der Waals surface area contributed by atoms with E-state index in [1.54, 1.807) is 51.1 Å². The zero-order chi connectivity index (χ0) is 23.4. The fraction of sp³-hybridized carbons (Fsp3) is 0.348. The largest absolute Gasteiger partial charge is 0.481 e. The van der Waals surface area contributed by atoms with E-state index in [1.165, 1.54) is 20.2 Å². The Hall–Kier alpha value is -2.53. The molecule has 0 unspecified atom stereocenters. The van der Waals surface area contributed by atoms with Crippen molar-refractivity contribution in [3.8, 4) is 17.6 Å². The third kappa shape index (κ3) is 7.00. The molecule has 0 saturated carbocycles. The standard InChI is InChI=1S/C23H26ClNO5S/c1-16-7-11-20(31(27,28)25(5)6)14-17(16)8-9-18-13-19(24)10-12-21(18)29-15-22(26)30-23(2,3)4/h7,10-14H,15H2,1-6H3. The van der Waals surface area contributed by atoms with Gasteiger partial charge in [-0.3, -0.25) is 0 Å². The van der Waals surface area contributed by atoms with E-state index in [2.05, 4.69) is 11.8 Å². The summed E-state index contributed by atoms with van der Waals surface area (Å²) in [6.45, 7) is 6.89. The number of ether oxygens (including phenoxy) is 2. The topological polar surface area (TPSA) is 72.9 Å². The zero-order valence-electron chi connectivity index (χ0n) is 18.4. The molecule has 0 atom stereocenters. The van der Waals surface area contributed by atoms with Crippen LogP contribution in [0.25, 0.3) is 0 Å². The van der Waals surface area contributed by atoms with E-state index in [9.17, 15) is 13.2 Å². The van der Waals surface area contributed by atoms with Crippen molar-refractivity contribution in [3.05, 3.63) is 58.1 Å². The number of carbonyl (C=O) groups is 1. The van der Waals surface area contributed by atoms with Crippen molar-refractivity contribution in [2.45, 2.75) is 38.2 Å². The van der Waals surface area contributed by atoms with Gasteiger partial charge >= 0.3 is 5.97 Å². The molecule has 31 heavy (non-hydrogen) atoms. The van der Waals surface area contributed by atoms with Crippen LogP contribution >= 0.6 is 11.6 Å². The first-order valence-electron chi connectivity index (χ1n) is 9.49. The molecule has 0 radical (unpaired) electrons. The maximum atomic E-state index is 12.4. The Morgan fingerprint density at radius 3 is 2.32 bits per heavy atom. The Balaban J connectivity index is 2.35. The predicted octanol–water partition coefficient (Wildman–Crippen LogP) is 4.02. The maximum Gasteiger partial charge on any atom is 0.344 e. The molecule has 2 rings (SSSR count). The summed E-state index contributed by atoms with van der Waals surface area (Å²) in [5, 5.41) is 0.453. The number of carbonyl (C=O) groups excluding carboxylic acids is 1. The smallest absolute Gasteiger partial charge is 0.344 e. The monoisotopic (exact) mass is 463 g/mol. The quantitative estimate of drug-likeness (QED) is 0.494. The Morgan fingerprint density at radius 1 is 1.06 bits per heavy atom. The SMILES string of the molecule is Cc1ccc(S(=O)(=O)N(C)C)cc1C#Cc1cc(Cl)ccc1OCC(=O)OC(C)(C)C. The summed E-state index contributed by atoms with van der Waals surface area (Å²) >= 11 is 6.10. The van der Waals surface area contributed by atoms with Gasteiger partial charge in [-0.2, -0.15) is 0 Å². The Kier molecular flexibility index (Phi) is 7.77. The van der Waals surface area contributed by atoms with Gasteiger partial charge in [0.05, 0.1) is 10.5 Å². The number of nitrogens with zero attached hydrogens (tertiary/aromatic N) is 1. The van der Waals surface area contributed by atoms with Gasteiger partial charge in [0.2, 0.25) is 10.0 Å². The minimum atomic E-state index is -3.58. The Morgan fingerprint density at radius 2 is 1.71 bits per heavy atom. The van der Waals surface area contributed by atoms with E-state index < -0.39 is 21.6 Å². The van der Waals surface area contributed by atoms with Gasteiger partial charge in [-0.1, -0.05) is 29.5 Å². The van der Waals surface area contributed by atoms with Gasteiger partial charge in [-0.05, 0) is 63.6 Å². The second-order valence-electron chi connectivity index (χ2n) is 8.03. The second kappa shape index (κ2) is 9.73. The average molecular weight is 464 g/mol. The van der Waals surface area contributed by atoms with E-state index in [0.717, 1.165) is 9.87 Å². The van der Waals surface area contributed by atoms with Crippen molar-refractivity contribution in [1.29, 1.82) is 0 Å². The molecule has 0 amide bonds. The average Bonchev–Trinajstić information content (AvgIpc) is 2.64. The highest BCUT2D eigenvalue weighted by molar-refractivity contribution is 7.89. The molecule has 2 aromatic rings. The van der Waals surface area contributed by atoms with Gasteiger partial charge in [0.1, 0.15) is 11.4 Å². The van der Waals surface area contributed by atoms with Crippen molar-refractivity contribution in [1.82, 2.24) is 4.31 Å². The zero-order valence-corrected chi connectivity index (χ0v) is 20.0. The first-order chi connectivity index (χ1) is 14.3. The number of esters is 1. The summed E-state index contributed by atoms with van der Waals surface area (Å²) in [5.41, 5.74) is 1.24. The lowest BCUT2D eigenvalue weighted by molar-refractivity contribution is -0.157. The summed E-state index contributed by atoms with van der Waals surface area (Å²) in [7, 11) is -0.633. The van der Waals surface area contributed by atoms with Crippen LogP contribution in [0.3, 0.4) is 0 Å². The highest BCUT2D eigenvalue weighted by Gasteiger charge is 2.18. The fourth-order valence-electron chi connectivity index (χ4n) is 2.48. The second-order valence-corrected chi connectivity index (χ2v) is 10.6. The van der Waals surface area contributed by atoms with Crippen molar-refractivity contribution < 1.29 is 22.7 Å². The van der Waals surface area contributed by atoms with Crippen LogP contribution in [0.4, 0.5) is 0 Å². The van der Waals surface area contributed by atoms with Crippen LogP contribution in [0.15, 0.2) is 41.3 Å². The fourth-order valence-corrected chi connectivity index (χ4v) is 3.58. The molecule has 166 valence electrons. The normalized spacial score (nSPS) is 11.6. The highest BCUT2D eigenvalue weighted by Crippen LogP contribution is 2.23. The molecule has 0 aliphatic heterocycles. The summed E-state index contributed by atoms with van der Waals surface area (Å²) in [6.07, 6.45) is 0. The van der Waals surface area contributed by atoms with Crippen molar-refractivity contribution in [3.63, 3.8) is 0 Å². The number of hydrogen-bond acceptors (Lipinski definition) is 5. The number of sulfonamides is 1. The van der Waals surface area contributed by atoms with Crippen molar-refractivity contribution in [2.24, 2.45) is 0 Å². The summed E-state index contributed by atoms with van der Waals surface area (Å²) in [6, 6.07) is 9.66. The molecule has 6 nitrogen and oxygen atoms in total. The minimum absolute atomic E-state index is 0.153. The number of hydrogen-bond donors (Lipinski definition) is 0. The molecule has 0 heterocycles. The van der Waals surface area contributed by atoms with Crippen LogP contribution in [0.2, 0.25) is 5.02 Å². The van der Waals surface area contributed by atoms with Gasteiger partial charge in [0.25, 0.3) is 0 Å². The molecule has 0 bridgehead atoms. The van der Waals surface area contributed by atoms with Crippen LogP contribution in [0.5, 0.6) is 5.75 Å². The van der Waals surface area contributed by atoms with Gasteiger partial charge in [0, 0.05) is 24.7 Å². The van der Waals surface area contributed by atoms with Crippen molar-refractivity contribution >= 4 is 27.6 Å². The van der Waals surface area contributed by atoms with E-state index in [4.69, 9.17) is 21.1 Å². The molecule has 8 heteroatoms. The van der Waals surface area contributed by atoms with Gasteiger partial charge in [0.15, 0.2) is 6.61 Å². The molecule has 2 aromatic carbocycles. The molecule has 0 saturated heterocycles. The molecule has 0 aliphatic carbocycles. The predicted molar refractivity (Wildman–Crippen MR) is 121 cm³/mol. The van der Waals surface area contributed by atoms with E-state index in [1.807, 2.05) is 6.92 Å². The van der Waals surface area contributed by atoms with Gasteiger partial charge in [-0.15, -0.1) is 0 Å². The molecular weight excluding hydrogens is 438 g/mol. The van der Waals surface area contributed by atoms with Crippen LogP contribution in [0, 0.1) is 18.8 Å². The molecular formula is C23H26ClNO5S. The van der Waals surface area contributed by atoms with Crippen LogP contribution in [-0.2, 0) is 19.6 Å². The lowest BCUT2D eigenvalue weighted by Crippen LogP contribution is -2.27. The number of aryl methyl sites for hydroxylation is 1. The Labute approximate surface area is 189 Å². The summed E-state index contributed by atoms with van der Waals surface area (Å²) < 4.78 is 36.8. The summed E-state index contributed by atoms with van der Waals surface area (Å²) in [5.74, 6) is 5.83. The summed E-state index contributed by atoms with van der Waals surface area (Å²) in [4.78, 5) is 12.1. The van der Waals surface area contributed by atoms with E-state index >= 15 is 0 Å². The van der Waals surface area contributed by atoms with Crippen LogP contribution in [-0.4, -0.2) is 45.0 Å². The molecule has 0 fully saturated rings. The molecule has 0 N–H and O–H groups in total. The number of halogens is 1. The van der Waals surface area contributed by atoms with E-state index in [0.29, 0.717) is 21.9 Å². The van der Waals surface area contributed by atoms with Crippen LogP contribution < -0.4 is 4.74 Å². The lowest BCUT2D eigenvalue weighted by Gasteiger charge is -2.19. The highest BCUT2D eigenvalue weighted by atomic mass is 35.5. The van der Waals surface area contributed by atoms with Gasteiger partial charge in [-0.25, -0.2) is 17.5 Å². The first kappa shape index (κ1) is 24.7. The minimum Gasteiger partial charge on any atom is -0.481 e. The lowest BCUT2D eigenvalue weighted by atomic mass is 10.1. The van der Waals surface area contributed by atoms with Gasteiger partial charge < -0.3 is 9.47 Å². The number of benzene rings is 2. The first-order valence-corrected chi connectivity index (χ1v) is 11.3. The Bertz CT molecular complexity index is 1140. The molecule has 0 spiro atoms. The maximum absolute atomic E-state index is 12.4. The van der Waals surface area contributed by atoms with Crippen molar-refractivity contribution in [2.75, 3.05) is 20.7 Å².